The van der Waals surface area contributed by atoms with Crippen molar-refractivity contribution in [3.05, 3.63) is 70.6 Å². The zero-order valence-corrected chi connectivity index (χ0v) is 14.3. The largest absolute Gasteiger partial charge is 0.462 e. The highest BCUT2D eigenvalue weighted by Crippen LogP contribution is 2.24. The predicted molar refractivity (Wildman–Crippen MR) is 94.6 cm³/mol. The number of nitrogens with zero attached hydrogens (tertiary/aromatic N) is 1. The number of hydrogen-bond acceptors (Lipinski definition) is 5. The topological polar surface area (TPSA) is 52.3 Å². The number of thiazole rings is 1. The number of carbonyl (C=O) groups is 1. The lowest BCUT2D eigenvalue weighted by Gasteiger charge is -1.99. The number of furan rings is 1. The highest BCUT2D eigenvalue weighted by molar-refractivity contribution is 7.13. The van der Waals surface area contributed by atoms with E-state index in [1.54, 1.807) is 12.1 Å². The molecule has 5 heteroatoms. The lowest BCUT2D eigenvalue weighted by molar-refractivity contribution is -0.139. The van der Waals surface area contributed by atoms with Gasteiger partial charge >= 0.3 is 5.97 Å². The number of rotatable bonds is 5. The molecule has 1 aromatic carbocycles. The summed E-state index contributed by atoms with van der Waals surface area (Å²) in [7, 11) is 0. The van der Waals surface area contributed by atoms with Crippen LogP contribution in [0.5, 0.6) is 0 Å². The molecule has 0 aliphatic rings. The first-order chi connectivity index (χ1) is 11.6. The van der Waals surface area contributed by atoms with E-state index in [4.69, 9.17) is 9.15 Å². The van der Waals surface area contributed by atoms with Gasteiger partial charge in [-0.3, -0.25) is 0 Å². The van der Waals surface area contributed by atoms with Gasteiger partial charge in [0.05, 0.1) is 5.69 Å². The van der Waals surface area contributed by atoms with E-state index < -0.39 is 5.97 Å². The van der Waals surface area contributed by atoms with Crippen LogP contribution in [0.3, 0.4) is 0 Å². The molecule has 0 aliphatic heterocycles. The summed E-state index contributed by atoms with van der Waals surface area (Å²) in [5, 5.41) is 2.82. The van der Waals surface area contributed by atoms with Crippen LogP contribution < -0.4 is 0 Å². The fourth-order valence-electron chi connectivity index (χ4n) is 2.09. The number of aromatic nitrogens is 1. The first kappa shape index (κ1) is 16.2. The Morgan fingerprint density at radius 2 is 2.00 bits per heavy atom. The molecule has 0 fully saturated rings. The molecule has 3 aromatic rings. The molecule has 122 valence electrons. The number of aryl methyl sites for hydroxylation is 2. The number of ether oxygens (including phenoxy) is 1. The third-order valence-electron chi connectivity index (χ3n) is 3.36. The van der Waals surface area contributed by atoms with Gasteiger partial charge in [-0.25, -0.2) is 9.78 Å². The van der Waals surface area contributed by atoms with Gasteiger partial charge in [0.1, 0.15) is 23.1 Å². The average Bonchev–Trinajstić information content (AvgIpc) is 3.21. The van der Waals surface area contributed by atoms with Gasteiger partial charge in [-0.05, 0) is 32.1 Å². The minimum Gasteiger partial charge on any atom is -0.462 e. The molecule has 0 unspecified atom stereocenters. The Morgan fingerprint density at radius 1 is 1.21 bits per heavy atom. The standard InChI is InChI=1S/C19H17NO3S/c1-13-3-6-15(7-4-13)19-20-16(12-24-19)11-22-18(21)10-9-17-8-5-14(2)23-17/h3-10,12H,11H2,1-2H3/b10-9+. The number of hydrogen-bond donors (Lipinski definition) is 0. The maximum Gasteiger partial charge on any atom is 0.331 e. The smallest absolute Gasteiger partial charge is 0.331 e. The lowest BCUT2D eigenvalue weighted by Crippen LogP contribution is -2.00. The van der Waals surface area contributed by atoms with Crippen LogP contribution in [0.25, 0.3) is 16.6 Å². The highest BCUT2D eigenvalue weighted by atomic mass is 32.1. The van der Waals surface area contributed by atoms with E-state index in [0.717, 1.165) is 22.0 Å². The minimum atomic E-state index is -0.422. The van der Waals surface area contributed by atoms with E-state index in [1.807, 2.05) is 37.4 Å². The molecule has 0 N–H and O–H groups in total. The monoisotopic (exact) mass is 339 g/mol. The second kappa shape index (κ2) is 7.27. The van der Waals surface area contributed by atoms with Crippen molar-refractivity contribution < 1.29 is 13.9 Å². The molecular weight excluding hydrogens is 322 g/mol. The molecule has 2 heterocycles. The average molecular weight is 339 g/mol. The van der Waals surface area contributed by atoms with Crippen LogP contribution in [-0.2, 0) is 16.1 Å². The molecule has 2 aromatic heterocycles. The van der Waals surface area contributed by atoms with Gasteiger partial charge in [0.15, 0.2) is 0 Å². The Kier molecular flexibility index (Phi) is 4.91. The zero-order valence-electron chi connectivity index (χ0n) is 13.5. The molecule has 0 spiro atoms. The molecule has 4 nitrogen and oxygen atoms in total. The van der Waals surface area contributed by atoms with E-state index in [-0.39, 0.29) is 6.61 Å². The van der Waals surface area contributed by atoms with Gasteiger partial charge in [-0.2, -0.15) is 0 Å². The van der Waals surface area contributed by atoms with Gasteiger partial charge in [0.2, 0.25) is 0 Å². The van der Waals surface area contributed by atoms with Crippen molar-refractivity contribution in [2.24, 2.45) is 0 Å². The molecule has 0 bridgehead atoms. The summed E-state index contributed by atoms with van der Waals surface area (Å²) in [5.41, 5.74) is 3.02. The van der Waals surface area contributed by atoms with Gasteiger partial charge in [-0.15, -0.1) is 11.3 Å². The summed E-state index contributed by atoms with van der Waals surface area (Å²) in [6.45, 7) is 4.06. The number of benzene rings is 1. The number of esters is 1. The van der Waals surface area contributed by atoms with Crippen LogP contribution in [0.15, 0.2) is 52.3 Å². The second-order valence-corrected chi connectivity index (χ2v) is 6.26. The van der Waals surface area contributed by atoms with Crippen molar-refractivity contribution in [3.63, 3.8) is 0 Å². The molecule has 0 aliphatic carbocycles. The molecule has 3 rings (SSSR count). The Morgan fingerprint density at radius 3 is 2.71 bits per heavy atom. The molecule has 0 radical (unpaired) electrons. The maximum atomic E-state index is 11.7. The lowest BCUT2D eigenvalue weighted by atomic mass is 10.2. The van der Waals surface area contributed by atoms with Crippen LogP contribution in [0.4, 0.5) is 0 Å². The van der Waals surface area contributed by atoms with Crippen LogP contribution in [0.1, 0.15) is 22.8 Å². The zero-order chi connectivity index (χ0) is 16.9. The van der Waals surface area contributed by atoms with Crippen LogP contribution in [0.2, 0.25) is 0 Å². The van der Waals surface area contributed by atoms with Gasteiger partial charge in [-0.1, -0.05) is 29.8 Å². The Balaban J connectivity index is 1.56. The van der Waals surface area contributed by atoms with Crippen LogP contribution in [-0.4, -0.2) is 11.0 Å². The van der Waals surface area contributed by atoms with Gasteiger partial charge in [0.25, 0.3) is 0 Å². The predicted octanol–water partition coefficient (Wildman–Crippen LogP) is 4.78. The van der Waals surface area contributed by atoms with E-state index in [9.17, 15) is 4.79 Å². The van der Waals surface area contributed by atoms with Gasteiger partial charge in [0, 0.05) is 17.0 Å². The molecular formula is C19H17NO3S. The summed E-state index contributed by atoms with van der Waals surface area (Å²) < 4.78 is 10.6. The maximum absolute atomic E-state index is 11.7. The van der Waals surface area contributed by atoms with Crippen molar-refractivity contribution in [2.45, 2.75) is 20.5 Å². The van der Waals surface area contributed by atoms with Crippen molar-refractivity contribution >= 4 is 23.4 Å². The van der Waals surface area contributed by atoms with Crippen molar-refractivity contribution in [3.8, 4) is 10.6 Å². The third-order valence-corrected chi connectivity index (χ3v) is 4.30. The quantitative estimate of drug-likeness (QED) is 0.496. The van der Waals surface area contributed by atoms with Crippen LogP contribution >= 0.6 is 11.3 Å². The Bertz CT molecular complexity index is 859. The summed E-state index contributed by atoms with van der Waals surface area (Å²) in [6, 6.07) is 11.8. The second-order valence-electron chi connectivity index (χ2n) is 5.40. The Labute approximate surface area is 144 Å². The fraction of sp³-hybridized carbons (Fsp3) is 0.158. The SMILES string of the molecule is Cc1ccc(-c2nc(COC(=O)/C=C/c3ccc(C)o3)cs2)cc1. The summed E-state index contributed by atoms with van der Waals surface area (Å²) >= 11 is 1.54. The van der Waals surface area contributed by atoms with Crippen molar-refractivity contribution in [1.82, 2.24) is 4.98 Å². The Hall–Kier alpha value is -2.66. The van der Waals surface area contributed by atoms with Crippen molar-refractivity contribution in [1.29, 1.82) is 0 Å². The summed E-state index contributed by atoms with van der Waals surface area (Å²) in [6.07, 6.45) is 2.94. The third kappa shape index (κ3) is 4.20. The first-order valence-electron chi connectivity index (χ1n) is 7.53. The summed E-state index contributed by atoms with van der Waals surface area (Å²) in [4.78, 5) is 16.2. The molecule has 0 saturated heterocycles. The van der Waals surface area contributed by atoms with E-state index in [0.29, 0.717) is 5.76 Å². The first-order valence-corrected chi connectivity index (χ1v) is 8.41. The normalized spacial score (nSPS) is 11.1. The van der Waals surface area contributed by atoms with Gasteiger partial charge < -0.3 is 9.15 Å². The summed E-state index contributed by atoms with van der Waals surface area (Å²) in [5.74, 6) is 1.00. The molecule has 0 saturated carbocycles. The number of carbonyl (C=O) groups excluding carboxylic acids is 1. The fourth-order valence-corrected chi connectivity index (χ4v) is 2.90. The molecule has 0 amide bonds. The minimum absolute atomic E-state index is 0.155. The molecule has 0 atom stereocenters. The van der Waals surface area contributed by atoms with Crippen LogP contribution in [0, 0.1) is 13.8 Å². The highest BCUT2D eigenvalue weighted by Gasteiger charge is 2.06. The van der Waals surface area contributed by atoms with E-state index in [2.05, 4.69) is 17.1 Å². The molecule has 24 heavy (non-hydrogen) atoms. The van der Waals surface area contributed by atoms with E-state index >= 15 is 0 Å². The van der Waals surface area contributed by atoms with Crippen molar-refractivity contribution in [2.75, 3.05) is 0 Å². The van der Waals surface area contributed by atoms with E-state index in [1.165, 1.54) is 23.0 Å².